The number of likely N-dealkylation sites (tertiary alicyclic amines) is 1. The molecule has 0 amide bonds. The third-order valence-electron chi connectivity index (χ3n) is 3.90. The van der Waals surface area contributed by atoms with Crippen LogP contribution in [0.4, 0.5) is 13.2 Å². The van der Waals surface area contributed by atoms with Crippen molar-refractivity contribution in [2.24, 2.45) is 0 Å². The molecule has 0 aromatic heterocycles. The van der Waals surface area contributed by atoms with Crippen LogP contribution in [0.3, 0.4) is 0 Å². The van der Waals surface area contributed by atoms with Crippen molar-refractivity contribution >= 4 is 0 Å². The van der Waals surface area contributed by atoms with Crippen LogP contribution < -0.4 is 4.74 Å². The molecule has 1 aliphatic rings. The van der Waals surface area contributed by atoms with Gasteiger partial charge in [-0.1, -0.05) is 24.3 Å². The first-order valence-corrected chi connectivity index (χ1v) is 7.52. The average Bonchev–Trinajstić information content (AvgIpc) is 2.44. The van der Waals surface area contributed by atoms with Crippen molar-refractivity contribution < 1.29 is 17.9 Å². The topological polar surface area (TPSA) is 12.5 Å². The Labute approximate surface area is 133 Å². The molecule has 0 spiro atoms. The van der Waals surface area contributed by atoms with Gasteiger partial charge in [-0.3, -0.25) is 4.90 Å². The van der Waals surface area contributed by atoms with Gasteiger partial charge in [0.25, 0.3) is 0 Å². The predicted molar refractivity (Wildman–Crippen MR) is 82.3 cm³/mol. The number of alkyl halides is 3. The van der Waals surface area contributed by atoms with Gasteiger partial charge in [-0.25, -0.2) is 0 Å². The molecule has 0 unspecified atom stereocenters. The van der Waals surface area contributed by atoms with Gasteiger partial charge in [0.1, 0.15) is 11.9 Å². The molecule has 2 nitrogen and oxygen atoms in total. The Bertz CT molecular complexity index is 661. The number of aryl methyl sites for hydroxylation is 1. The summed E-state index contributed by atoms with van der Waals surface area (Å²) in [6.45, 7) is 4.24. The van der Waals surface area contributed by atoms with E-state index in [0.29, 0.717) is 6.54 Å². The lowest BCUT2D eigenvalue weighted by Crippen LogP contribution is -2.53. The first-order valence-electron chi connectivity index (χ1n) is 7.52. The quantitative estimate of drug-likeness (QED) is 0.833. The molecule has 3 rings (SSSR count). The molecule has 0 bridgehead atoms. The van der Waals surface area contributed by atoms with E-state index in [4.69, 9.17) is 4.74 Å². The van der Waals surface area contributed by atoms with Gasteiger partial charge in [0.15, 0.2) is 0 Å². The lowest BCUT2D eigenvalue weighted by Gasteiger charge is -2.39. The van der Waals surface area contributed by atoms with Crippen LogP contribution in [0.15, 0.2) is 48.5 Å². The van der Waals surface area contributed by atoms with Crippen LogP contribution in [-0.4, -0.2) is 24.1 Å². The van der Waals surface area contributed by atoms with Crippen LogP contribution in [0.2, 0.25) is 0 Å². The van der Waals surface area contributed by atoms with E-state index in [0.717, 1.165) is 42.1 Å². The maximum Gasteiger partial charge on any atom is 0.416 e. The average molecular weight is 321 g/mol. The first kappa shape index (κ1) is 15.9. The molecule has 1 heterocycles. The lowest BCUT2D eigenvalue weighted by molar-refractivity contribution is -0.137. The Morgan fingerprint density at radius 2 is 1.78 bits per heavy atom. The van der Waals surface area contributed by atoms with E-state index in [9.17, 15) is 13.2 Å². The van der Waals surface area contributed by atoms with Gasteiger partial charge in [0.05, 0.1) is 5.56 Å². The summed E-state index contributed by atoms with van der Waals surface area (Å²) in [5, 5.41) is 0. The summed E-state index contributed by atoms with van der Waals surface area (Å²) < 4.78 is 43.4. The number of hydrogen-bond acceptors (Lipinski definition) is 2. The number of nitrogens with zero attached hydrogens (tertiary/aromatic N) is 1. The van der Waals surface area contributed by atoms with Gasteiger partial charge in [0, 0.05) is 19.6 Å². The fourth-order valence-electron chi connectivity index (χ4n) is 2.66. The standard InChI is InChI=1S/C18H18F3NO/c1-13-3-2-4-16(9-13)23-17-11-22(12-17)10-14-5-7-15(8-6-14)18(19,20)21/h2-9,17H,10-12H2,1H3. The molecule has 2 aromatic carbocycles. The van der Waals surface area contributed by atoms with Gasteiger partial charge < -0.3 is 4.74 Å². The molecule has 1 aliphatic heterocycles. The smallest absolute Gasteiger partial charge is 0.416 e. The summed E-state index contributed by atoms with van der Waals surface area (Å²) in [6.07, 6.45) is -4.13. The zero-order valence-electron chi connectivity index (χ0n) is 12.8. The minimum Gasteiger partial charge on any atom is -0.488 e. The number of halogens is 3. The monoisotopic (exact) mass is 321 g/mol. The van der Waals surface area contributed by atoms with Crippen LogP contribution in [0, 0.1) is 6.92 Å². The summed E-state index contributed by atoms with van der Waals surface area (Å²) in [7, 11) is 0. The van der Waals surface area contributed by atoms with Gasteiger partial charge in [0.2, 0.25) is 0 Å². The van der Waals surface area contributed by atoms with Crippen molar-refractivity contribution in [2.45, 2.75) is 25.7 Å². The Hall–Kier alpha value is -2.01. The number of hydrogen-bond donors (Lipinski definition) is 0. The predicted octanol–water partition coefficient (Wildman–Crippen LogP) is 4.28. The molecular weight excluding hydrogens is 303 g/mol. The lowest BCUT2D eigenvalue weighted by atomic mass is 10.1. The summed E-state index contributed by atoms with van der Waals surface area (Å²) >= 11 is 0. The third-order valence-corrected chi connectivity index (χ3v) is 3.90. The molecule has 0 aliphatic carbocycles. The Kier molecular flexibility index (Phi) is 4.31. The first-order chi connectivity index (χ1) is 10.9. The number of rotatable bonds is 4. The highest BCUT2D eigenvalue weighted by atomic mass is 19.4. The third kappa shape index (κ3) is 4.05. The van der Waals surface area contributed by atoms with Crippen LogP contribution in [0.5, 0.6) is 5.75 Å². The minimum absolute atomic E-state index is 0.145. The second kappa shape index (κ2) is 6.24. The SMILES string of the molecule is Cc1cccc(OC2CN(Cc3ccc(C(F)(F)F)cc3)C2)c1. The van der Waals surface area contributed by atoms with E-state index < -0.39 is 11.7 Å². The normalized spacial score (nSPS) is 16.2. The van der Waals surface area contributed by atoms with Crippen LogP contribution in [0.25, 0.3) is 0 Å². The van der Waals surface area contributed by atoms with Crippen LogP contribution >= 0.6 is 0 Å². The number of benzene rings is 2. The maximum atomic E-state index is 12.5. The van der Waals surface area contributed by atoms with Crippen LogP contribution in [-0.2, 0) is 12.7 Å². The Morgan fingerprint density at radius 1 is 1.09 bits per heavy atom. The summed E-state index contributed by atoms with van der Waals surface area (Å²) in [6, 6.07) is 13.3. The highest BCUT2D eigenvalue weighted by molar-refractivity contribution is 5.28. The molecule has 1 saturated heterocycles. The van der Waals surface area contributed by atoms with Crippen molar-refractivity contribution in [1.82, 2.24) is 4.90 Å². The maximum absolute atomic E-state index is 12.5. The van der Waals surface area contributed by atoms with E-state index in [1.807, 2.05) is 31.2 Å². The molecule has 5 heteroatoms. The molecule has 1 fully saturated rings. The molecule has 0 atom stereocenters. The highest BCUT2D eigenvalue weighted by Crippen LogP contribution is 2.29. The molecular formula is C18H18F3NO. The molecule has 0 radical (unpaired) electrons. The van der Waals surface area contributed by atoms with E-state index in [1.165, 1.54) is 12.1 Å². The van der Waals surface area contributed by atoms with Gasteiger partial charge in [-0.2, -0.15) is 13.2 Å². The Morgan fingerprint density at radius 3 is 2.39 bits per heavy atom. The molecule has 23 heavy (non-hydrogen) atoms. The Balaban J connectivity index is 1.48. The molecule has 0 N–H and O–H groups in total. The second-order valence-corrected chi connectivity index (χ2v) is 5.95. The van der Waals surface area contributed by atoms with E-state index in [1.54, 1.807) is 0 Å². The van der Waals surface area contributed by atoms with E-state index in [-0.39, 0.29) is 6.10 Å². The summed E-state index contributed by atoms with van der Waals surface area (Å²) in [5.41, 5.74) is 1.43. The van der Waals surface area contributed by atoms with Gasteiger partial charge in [-0.05, 0) is 42.3 Å². The zero-order valence-corrected chi connectivity index (χ0v) is 12.8. The van der Waals surface area contributed by atoms with Crippen molar-refractivity contribution in [2.75, 3.05) is 13.1 Å². The molecule has 122 valence electrons. The van der Waals surface area contributed by atoms with E-state index >= 15 is 0 Å². The molecule has 2 aromatic rings. The fraction of sp³-hybridized carbons (Fsp3) is 0.333. The van der Waals surface area contributed by atoms with Crippen LogP contribution in [0.1, 0.15) is 16.7 Å². The minimum atomic E-state index is -4.28. The van der Waals surface area contributed by atoms with Gasteiger partial charge in [-0.15, -0.1) is 0 Å². The second-order valence-electron chi connectivity index (χ2n) is 5.95. The number of ether oxygens (including phenoxy) is 1. The fourth-order valence-corrected chi connectivity index (χ4v) is 2.66. The highest BCUT2D eigenvalue weighted by Gasteiger charge is 2.31. The molecule has 0 saturated carbocycles. The van der Waals surface area contributed by atoms with Crippen molar-refractivity contribution in [3.63, 3.8) is 0 Å². The van der Waals surface area contributed by atoms with Gasteiger partial charge >= 0.3 is 6.18 Å². The van der Waals surface area contributed by atoms with Crippen molar-refractivity contribution in [3.05, 3.63) is 65.2 Å². The van der Waals surface area contributed by atoms with Crippen molar-refractivity contribution in [1.29, 1.82) is 0 Å². The van der Waals surface area contributed by atoms with Crippen molar-refractivity contribution in [3.8, 4) is 5.75 Å². The van der Waals surface area contributed by atoms with E-state index in [2.05, 4.69) is 4.90 Å². The largest absolute Gasteiger partial charge is 0.488 e. The zero-order chi connectivity index (χ0) is 16.4. The summed E-state index contributed by atoms with van der Waals surface area (Å²) in [5.74, 6) is 0.865. The summed E-state index contributed by atoms with van der Waals surface area (Å²) in [4.78, 5) is 2.16.